The van der Waals surface area contributed by atoms with Gasteiger partial charge in [-0.2, -0.15) is 0 Å². The first-order valence-electron chi connectivity index (χ1n) is 14.6. The van der Waals surface area contributed by atoms with Crippen LogP contribution in [-0.2, 0) is 11.8 Å². The summed E-state index contributed by atoms with van der Waals surface area (Å²) in [6.45, 7) is 8.71. The van der Waals surface area contributed by atoms with Crippen molar-refractivity contribution in [3.63, 3.8) is 0 Å². The molecule has 3 heteroatoms. The van der Waals surface area contributed by atoms with E-state index in [0.29, 0.717) is 5.56 Å². The summed E-state index contributed by atoms with van der Waals surface area (Å²) < 4.78 is 0. The third kappa shape index (κ3) is 10.8. The third-order valence-corrected chi connectivity index (χ3v) is 7.69. The van der Waals surface area contributed by atoms with Crippen molar-refractivity contribution in [1.82, 2.24) is 0 Å². The van der Waals surface area contributed by atoms with Gasteiger partial charge in [-0.3, -0.25) is 4.79 Å². The molecule has 2 aromatic carbocycles. The van der Waals surface area contributed by atoms with Gasteiger partial charge in [0, 0.05) is 5.69 Å². The zero-order chi connectivity index (χ0) is 26.2. The fourth-order valence-corrected chi connectivity index (χ4v) is 4.64. The van der Waals surface area contributed by atoms with Gasteiger partial charge in [-0.1, -0.05) is 123 Å². The van der Waals surface area contributed by atoms with Gasteiger partial charge in [0.25, 0.3) is 5.91 Å². The fourth-order valence-electron chi connectivity index (χ4n) is 4.64. The van der Waals surface area contributed by atoms with Crippen LogP contribution in [0.25, 0.3) is 0 Å². The number of aryl methyl sites for hydroxylation is 1. The van der Waals surface area contributed by atoms with Gasteiger partial charge in [-0.25, -0.2) is 0 Å². The van der Waals surface area contributed by atoms with Gasteiger partial charge >= 0.3 is 0 Å². The van der Waals surface area contributed by atoms with E-state index in [4.69, 9.17) is 0 Å². The monoisotopic (exact) mass is 493 g/mol. The van der Waals surface area contributed by atoms with Crippen LogP contribution in [0.5, 0.6) is 5.75 Å². The van der Waals surface area contributed by atoms with Crippen molar-refractivity contribution in [3.05, 3.63) is 59.2 Å². The molecule has 2 N–H and O–H groups in total. The van der Waals surface area contributed by atoms with Gasteiger partial charge in [-0.05, 0) is 60.1 Å². The van der Waals surface area contributed by atoms with E-state index >= 15 is 0 Å². The Hall–Kier alpha value is -2.29. The second-order valence-electron chi connectivity index (χ2n) is 11.1. The number of phenols is 1. The Labute approximate surface area is 221 Å². The SMILES string of the molecule is CCCCCCCCCCCCCCCc1ccc(NC(=O)c2cc(C(C)(C)CC)ccc2O)cc1. The largest absolute Gasteiger partial charge is 0.507 e. The molecule has 0 aromatic heterocycles. The maximum Gasteiger partial charge on any atom is 0.259 e. The Morgan fingerprint density at radius 2 is 1.28 bits per heavy atom. The number of phenolic OH excluding ortho intramolecular Hbond substituents is 1. The highest BCUT2D eigenvalue weighted by Crippen LogP contribution is 2.30. The molecule has 0 bridgehead atoms. The first-order valence-corrected chi connectivity index (χ1v) is 14.6. The molecule has 0 saturated heterocycles. The number of hydrogen-bond donors (Lipinski definition) is 2. The van der Waals surface area contributed by atoms with Gasteiger partial charge in [0.15, 0.2) is 0 Å². The number of carbonyl (C=O) groups is 1. The van der Waals surface area contributed by atoms with Crippen LogP contribution >= 0.6 is 0 Å². The van der Waals surface area contributed by atoms with Crippen LogP contribution in [0.1, 0.15) is 139 Å². The first-order chi connectivity index (χ1) is 17.4. The molecule has 0 aliphatic carbocycles. The predicted octanol–water partition coefficient (Wildman–Crippen LogP) is 9.97. The fraction of sp³-hybridized carbons (Fsp3) is 0.606. The maximum atomic E-state index is 12.8. The van der Waals surface area contributed by atoms with E-state index < -0.39 is 0 Å². The van der Waals surface area contributed by atoms with Crippen LogP contribution in [0.4, 0.5) is 5.69 Å². The Kier molecular flexibility index (Phi) is 13.7. The lowest BCUT2D eigenvalue weighted by molar-refractivity contribution is 0.102. The summed E-state index contributed by atoms with van der Waals surface area (Å²) in [4.78, 5) is 12.8. The number of nitrogens with one attached hydrogen (secondary N) is 1. The maximum absolute atomic E-state index is 12.8. The molecule has 0 spiro atoms. The summed E-state index contributed by atoms with van der Waals surface area (Å²) in [5.41, 5.74) is 3.41. The molecule has 200 valence electrons. The van der Waals surface area contributed by atoms with Crippen molar-refractivity contribution in [2.24, 2.45) is 0 Å². The van der Waals surface area contributed by atoms with E-state index in [1.54, 1.807) is 6.07 Å². The minimum atomic E-state index is -0.273. The van der Waals surface area contributed by atoms with Crippen molar-refractivity contribution in [2.45, 2.75) is 129 Å². The zero-order valence-electron chi connectivity index (χ0n) is 23.5. The average molecular weight is 494 g/mol. The number of hydrogen-bond acceptors (Lipinski definition) is 2. The van der Waals surface area contributed by atoms with E-state index in [1.807, 2.05) is 24.3 Å². The van der Waals surface area contributed by atoms with Crippen molar-refractivity contribution in [3.8, 4) is 5.75 Å². The number of benzene rings is 2. The summed E-state index contributed by atoms with van der Waals surface area (Å²) in [5.74, 6) is -0.257. The second kappa shape index (κ2) is 16.5. The highest BCUT2D eigenvalue weighted by molar-refractivity contribution is 6.06. The molecule has 36 heavy (non-hydrogen) atoms. The van der Waals surface area contributed by atoms with E-state index in [9.17, 15) is 9.90 Å². The molecule has 0 atom stereocenters. The van der Waals surface area contributed by atoms with Crippen LogP contribution in [0, 0.1) is 0 Å². The van der Waals surface area contributed by atoms with E-state index in [-0.39, 0.29) is 17.1 Å². The van der Waals surface area contributed by atoms with Gasteiger partial charge in [0.2, 0.25) is 0 Å². The highest BCUT2D eigenvalue weighted by atomic mass is 16.3. The van der Waals surface area contributed by atoms with Crippen molar-refractivity contribution in [1.29, 1.82) is 0 Å². The third-order valence-electron chi connectivity index (χ3n) is 7.69. The molecule has 2 aromatic rings. The molecule has 0 heterocycles. The van der Waals surface area contributed by atoms with E-state index in [1.165, 1.54) is 89.0 Å². The molecule has 3 nitrogen and oxygen atoms in total. The second-order valence-corrected chi connectivity index (χ2v) is 11.1. The van der Waals surface area contributed by atoms with Crippen molar-refractivity contribution in [2.75, 3.05) is 5.32 Å². The summed E-state index contributed by atoms with van der Waals surface area (Å²) >= 11 is 0. The number of carbonyl (C=O) groups excluding carboxylic acids is 1. The lowest BCUT2D eigenvalue weighted by Crippen LogP contribution is -2.18. The number of rotatable bonds is 18. The smallest absolute Gasteiger partial charge is 0.259 e. The number of amides is 1. The molecule has 0 saturated carbocycles. The molecule has 0 aliphatic rings. The number of aromatic hydroxyl groups is 1. The van der Waals surface area contributed by atoms with Crippen LogP contribution in [0.15, 0.2) is 42.5 Å². The van der Waals surface area contributed by atoms with Crippen LogP contribution < -0.4 is 5.32 Å². The summed E-state index contributed by atoms with van der Waals surface area (Å²) in [6, 6.07) is 13.5. The molecule has 2 rings (SSSR count). The zero-order valence-corrected chi connectivity index (χ0v) is 23.5. The number of anilines is 1. The van der Waals surface area contributed by atoms with Crippen LogP contribution in [0.3, 0.4) is 0 Å². The van der Waals surface area contributed by atoms with Crippen molar-refractivity contribution < 1.29 is 9.90 Å². The molecular formula is C33H51NO2. The molecule has 0 fully saturated rings. The molecule has 1 amide bonds. The summed E-state index contributed by atoms with van der Waals surface area (Å²) in [5, 5.41) is 13.2. The minimum Gasteiger partial charge on any atom is -0.507 e. The molecular weight excluding hydrogens is 442 g/mol. The van der Waals surface area contributed by atoms with Crippen LogP contribution in [0.2, 0.25) is 0 Å². The van der Waals surface area contributed by atoms with Crippen LogP contribution in [-0.4, -0.2) is 11.0 Å². The van der Waals surface area contributed by atoms with E-state index in [2.05, 4.69) is 45.1 Å². The number of unbranched alkanes of at least 4 members (excludes halogenated alkanes) is 12. The Bertz CT molecular complexity index is 885. The quantitative estimate of drug-likeness (QED) is 0.203. The molecule has 0 radical (unpaired) electrons. The lowest BCUT2D eigenvalue weighted by Gasteiger charge is -2.24. The first kappa shape index (κ1) is 29.9. The average Bonchev–Trinajstić information content (AvgIpc) is 2.87. The molecule has 0 aliphatic heterocycles. The highest BCUT2D eigenvalue weighted by Gasteiger charge is 2.21. The van der Waals surface area contributed by atoms with Crippen molar-refractivity contribution >= 4 is 11.6 Å². The van der Waals surface area contributed by atoms with Gasteiger partial charge < -0.3 is 10.4 Å². The van der Waals surface area contributed by atoms with E-state index in [0.717, 1.165) is 24.1 Å². The topological polar surface area (TPSA) is 49.3 Å². The standard InChI is InChI=1S/C33H51NO2/c1-5-7-8-9-10-11-12-13-14-15-16-17-18-19-27-20-23-29(24-21-27)34-32(36)30-26-28(22-25-31(30)35)33(3,4)6-2/h20-26,35H,5-19H2,1-4H3,(H,34,36). The molecule has 0 unspecified atom stereocenters. The van der Waals surface area contributed by atoms with Gasteiger partial charge in [0.1, 0.15) is 5.75 Å². The minimum absolute atomic E-state index is 0.0159. The Morgan fingerprint density at radius 1 is 0.750 bits per heavy atom. The summed E-state index contributed by atoms with van der Waals surface area (Å²) in [7, 11) is 0. The Morgan fingerprint density at radius 3 is 1.81 bits per heavy atom. The normalized spacial score (nSPS) is 11.6. The lowest BCUT2D eigenvalue weighted by atomic mass is 9.81. The van der Waals surface area contributed by atoms with Gasteiger partial charge in [-0.15, -0.1) is 0 Å². The summed E-state index contributed by atoms with van der Waals surface area (Å²) in [6.07, 6.45) is 19.9. The van der Waals surface area contributed by atoms with Gasteiger partial charge in [0.05, 0.1) is 5.56 Å². The predicted molar refractivity (Wildman–Crippen MR) is 155 cm³/mol. The Balaban J connectivity index is 1.65.